The average molecular weight is 354 g/mol. The molecule has 1 aromatic carbocycles. The van der Waals surface area contributed by atoms with E-state index in [1.165, 1.54) is 15.9 Å². The molecule has 0 spiro atoms. The number of nitrogens with zero attached hydrogens (tertiary/aromatic N) is 5. The van der Waals surface area contributed by atoms with Gasteiger partial charge < -0.3 is 5.11 Å². The van der Waals surface area contributed by atoms with E-state index in [9.17, 15) is 5.11 Å². The normalized spacial score (nSPS) is 15.2. The Morgan fingerprint density at radius 3 is 2.79 bits per heavy atom. The summed E-state index contributed by atoms with van der Waals surface area (Å²) in [5, 5.41) is 32.7. The number of nitrogens with one attached hydrogen (secondary N) is 1. The van der Waals surface area contributed by atoms with Crippen LogP contribution in [0.3, 0.4) is 0 Å². The van der Waals surface area contributed by atoms with E-state index in [0.717, 1.165) is 16.9 Å². The van der Waals surface area contributed by atoms with Crippen LogP contribution in [-0.4, -0.2) is 20.4 Å². The van der Waals surface area contributed by atoms with E-state index in [-0.39, 0.29) is 10.7 Å². The summed E-state index contributed by atoms with van der Waals surface area (Å²) in [4.78, 5) is 4.83. The smallest absolute Gasteiger partial charge is 0.217 e. The Hall–Kier alpha value is -2.91. The van der Waals surface area contributed by atoms with Crippen LogP contribution in [0.2, 0.25) is 0 Å². The third-order valence-electron chi connectivity index (χ3n) is 3.31. The first-order chi connectivity index (χ1) is 11.7. The Morgan fingerprint density at radius 1 is 1.21 bits per heavy atom. The number of thiazole rings is 2. The zero-order valence-electron chi connectivity index (χ0n) is 12.1. The lowest BCUT2D eigenvalue weighted by atomic mass is 10.1. The van der Waals surface area contributed by atoms with Crippen molar-refractivity contribution in [1.82, 2.24) is 9.55 Å². The molecule has 7 nitrogen and oxygen atoms in total. The van der Waals surface area contributed by atoms with Gasteiger partial charge in [0.1, 0.15) is 11.4 Å². The molecule has 24 heavy (non-hydrogen) atoms. The minimum atomic E-state index is -0.0399. The van der Waals surface area contributed by atoms with Crippen molar-refractivity contribution >= 4 is 34.5 Å². The van der Waals surface area contributed by atoms with Gasteiger partial charge in [0.15, 0.2) is 9.93 Å². The van der Waals surface area contributed by atoms with Crippen molar-refractivity contribution in [2.24, 2.45) is 15.4 Å². The lowest BCUT2D eigenvalue weighted by molar-refractivity contribution is 0.438. The van der Waals surface area contributed by atoms with Gasteiger partial charge in [-0.05, 0) is 11.3 Å². The van der Waals surface area contributed by atoms with Crippen LogP contribution in [0, 0.1) is 5.41 Å². The van der Waals surface area contributed by atoms with Crippen molar-refractivity contribution in [2.45, 2.75) is 0 Å². The van der Waals surface area contributed by atoms with Gasteiger partial charge >= 0.3 is 0 Å². The fourth-order valence-electron chi connectivity index (χ4n) is 2.24. The van der Waals surface area contributed by atoms with Crippen molar-refractivity contribution < 1.29 is 5.11 Å². The molecule has 0 atom stereocenters. The van der Waals surface area contributed by atoms with Gasteiger partial charge in [-0.15, -0.1) is 21.6 Å². The maximum absolute atomic E-state index is 10.5. The molecule has 2 aromatic heterocycles. The second kappa shape index (κ2) is 5.95. The highest BCUT2D eigenvalue weighted by Gasteiger charge is 2.19. The van der Waals surface area contributed by atoms with Gasteiger partial charge in [0.05, 0.1) is 4.88 Å². The lowest BCUT2D eigenvalue weighted by Gasteiger charge is -2.01. The summed E-state index contributed by atoms with van der Waals surface area (Å²) in [6.07, 6.45) is 3.32. The zero-order valence-corrected chi connectivity index (χ0v) is 13.8. The second-order valence-corrected chi connectivity index (χ2v) is 6.68. The zero-order chi connectivity index (χ0) is 16.5. The van der Waals surface area contributed by atoms with Gasteiger partial charge in [0.2, 0.25) is 5.88 Å². The molecular weight excluding hydrogens is 344 g/mol. The first kappa shape index (κ1) is 14.7. The van der Waals surface area contributed by atoms with E-state index in [1.807, 2.05) is 30.3 Å². The van der Waals surface area contributed by atoms with Crippen molar-refractivity contribution in [3.8, 4) is 11.0 Å². The van der Waals surface area contributed by atoms with Crippen LogP contribution in [0.4, 0.5) is 0 Å². The molecule has 0 bridgehead atoms. The highest BCUT2D eigenvalue weighted by atomic mass is 32.1. The van der Waals surface area contributed by atoms with Crippen molar-refractivity contribution in [3.63, 3.8) is 0 Å². The number of allylic oxidation sites excluding steroid dienone is 1. The predicted octanol–water partition coefficient (Wildman–Crippen LogP) is 3.39. The van der Waals surface area contributed by atoms with E-state index >= 15 is 0 Å². The van der Waals surface area contributed by atoms with Crippen LogP contribution in [0.25, 0.3) is 11.2 Å². The van der Waals surface area contributed by atoms with Gasteiger partial charge in [-0.25, -0.2) is 9.55 Å². The molecule has 3 aromatic rings. The second-order valence-electron chi connectivity index (χ2n) is 4.78. The maximum Gasteiger partial charge on any atom is 0.217 e. The van der Waals surface area contributed by atoms with E-state index in [4.69, 9.17) is 5.41 Å². The summed E-state index contributed by atoms with van der Waals surface area (Å²) < 4.78 is 1.40. The lowest BCUT2D eigenvalue weighted by Crippen LogP contribution is -2.09. The van der Waals surface area contributed by atoms with Gasteiger partial charge in [-0.1, -0.05) is 41.7 Å². The summed E-state index contributed by atoms with van der Waals surface area (Å²) in [7, 11) is 0. The molecule has 2 N–H and O–H groups in total. The monoisotopic (exact) mass is 354 g/mol. The molecule has 0 radical (unpaired) electrons. The molecule has 0 saturated heterocycles. The fourth-order valence-corrected chi connectivity index (χ4v) is 3.77. The molecule has 0 amide bonds. The largest absolute Gasteiger partial charge is 0.493 e. The highest BCUT2D eigenvalue weighted by molar-refractivity contribution is 7.13. The van der Waals surface area contributed by atoms with Crippen LogP contribution in [0.5, 0.6) is 5.88 Å². The Balaban J connectivity index is 1.77. The number of hydrogen-bond donors (Lipinski definition) is 2. The van der Waals surface area contributed by atoms with Crippen molar-refractivity contribution in [3.05, 3.63) is 62.8 Å². The molecule has 0 fully saturated rings. The summed E-state index contributed by atoms with van der Waals surface area (Å²) in [5.74, 6) is -0.0399. The standard InChI is InChI=1S/C15H10N6OS2/c16-14-21(15-17-6-7-23-15)13(22)11(24-14)8-10-12(19-20-18-10)9-4-2-1-3-5-9/h1-8,16,22H/b10-8-,16-14?. The highest BCUT2D eigenvalue weighted by Crippen LogP contribution is 2.29. The molecule has 9 heteroatoms. The van der Waals surface area contributed by atoms with Crippen LogP contribution < -0.4 is 4.80 Å². The first-order valence-corrected chi connectivity index (χ1v) is 8.59. The molecule has 0 saturated carbocycles. The minimum absolute atomic E-state index is 0.0399. The van der Waals surface area contributed by atoms with Gasteiger partial charge in [0.25, 0.3) is 0 Å². The van der Waals surface area contributed by atoms with E-state index < -0.39 is 0 Å². The average Bonchev–Trinajstić information content (AvgIpc) is 3.31. The number of rotatable bonds is 3. The summed E-state index contributed by atoms with van der Waals surface area (Å²) in [5.41, 5.74) is 2.07. The Morgan fingerprint density at radius 2 is 2.04 bits per heavy atom. The van der Waals surface area contributed by atoms with Crippen molar-refractivity contribution in [1.29, 1.82) is 5.41 Å². The molecule has 3 heterocycles. The van der Waals surface area contributed by atoms with Crippen molar-refractivity contribution in [2.75, 3.05) is 0 Å². The number of hydrogen-bond acceptors (Lipinski definition) is 8. The minimum Gasteiger partial charge on any atom is -0.493 e. The molecule has 0 aliphatic carbocycles. The SMILES string of the molecule is N=c1sc(/C=C2\N=NN=C2c2ccccc2)c(O)n1-c1nccs1. The third kappa shape index (κ3) is 2.49. The Labute approximate surface area is 144 Å². The Kier molecular flexibility index (Phi) is 3.63. The van der Waals surface area contributed by atoms with E-state index in [0.29, 0.717) is 21.4 Å². The van der Waals surface area contributed by atoms with Crippen LogP contribution >= 0.6 is 22.7 Å². The quantitative estimate of drug-likeness (QED) is 0.753. The molecule has 118 valence electrons. The van der Waals surface area contributed by atoms with E-state index in [1.54, 1.807) is 17.7 Å². The van der Waals surface area contributed by atoms with Gasteiger partial charge in [-0.2, -0.15) is 0 Å². The molecule has 4 rings (SSSR count). The Bertz CT molecular complexity index is 1030. The number of aromatic hydroxyl groups is 1. The topological polar surface area (TPSA) is 99.0 Å². The van der Waals surface area contributed by atoms with Crippen LogP contribution in [-0.2, 0) is 0 Å². The van der Waals surface area contributed by atoms with Gasteiger partial charge in [0, 0.05) is 17.1 Å². The summed E-state index contributed by atoms with van der Waals surface area (Å²) >= 11 is 2.49. The van der Waals surface area contributed by atoms with Crippen LogP contribution in [0.1, 0.15) is 10.4 Å². The number of benzene rings is 1. The number of aromatic nitrogens is 2. The fraction of sp³-hybridized carbons (Fsp3) is 0. The van der Waals surface area contributed by atoms with E-state index in [2.05, 4.69) is 20.4 Å². The molecule has 1 aliphatic heterocycles. The summed E-state index contributed by atoms with van der Waals surface area (Å²) in [6, 6.07) is 9.58. The summed E-state index contributed by atoms with van der Waals surface area (Å²) in [6.45, 7) is 0. The molecular formula is C15H10N6OS2. The predicted molar refractivity (Wildman–Crippen MR) is 92.6 cm³/mol. The molecule has 0 unspecified atom stereocenters. The van der Waals surface area contributed by atoms with Crippen LogP contribution in [0.15, 0.2) is 63.0 Å². The third-order valence-corrected chi connectivity index (χ3v) is 4.96. The first-order valence-electron chi connectivity index (χ1n) is 6.89. The molecule has 1 aliphatic rings. The maximum atomic E-state index is 10.5. The van der Waals surface area contributed by atoms with Gasteiger partial charge in [-0.3, -0.25) is 5.41 Å².